The Labute approximate surface area is 223 Å². The van der Waals surface area contributed by atoms with E-state index in [1.54, 1.807) is 25.1 Å². The Morgan fingerprint density at radius 2 is 1.90 bits per heavy atom. The predicted octanol–water partition coefficient (Wildman–Crippen LogP) is 2.26. The lowest BCUT2D eigenvalue weighted by Crippen LogP contribution is -2.52. The minimum Gasteiger partial charge on any atom is -0.406 e. The number of hydrogen-bond acceptors (Lipinski definition) is 7. The minimum atomic E-state index is -4.87. The molecule has 10 nitrogen and oxygen atoms in total. The van der Waals surface area contributed by atoms with Crippen LogP contribution in [0.1, 0.15) is 42.2 Å². The molecular weight excluding hydrogens is 541 g/mol. The third-order valence-corrected chi connectivity index (χ3v) is 8.38. The van der Waals surface area contributed by atoms with E-state index in [9.17, 15) is 36.0 Å². The number of ether oxygens (including phenoxy) is 1. The van der Waals surface area contributed by atoms with E-state index < -0.39 is 57.9 Å². The van der Waals surface area contributed by atoms with Gasteiger partial charge in [-0.2, -0.15) is 4.31 Å². The van der Waals surface area contributed by atoms with Crippen molar-refractivity contribution in [3.8, 4) is 5.75 Å². The third-order valence-electron chi connectivity index (χ3n) is 6.61. The van der Waals surface area contributed by atoms with Gasteiger partial charge in [-0.15, -0.1) is 13.2 Å². The van der Waals surface area contributed by atoms with E-state index in [-0.39, 0.29) is 37.2 Å². The number of carbonyl (C=O) groups is 3. The Hall–Kier alpha value is -3.52. The van der Waals surface area contributed by atoms with Gasteiger partial charge in [0.25, 0.3) is 5.91 Å². The minimum absolute atomic E-state index is 0.0152. The van der Waals surface area contributed by atoms with Crippen LogP contribution in [0.25, 0.3) is 0 Å². The molecule has 39 heavy (non-hydrogen) atoms. The van der Waals surface area contributed by atoms with Gasteiger partial charge in [0.05, 0.1) is 18.3 Å². The number of benzene rings is 1. The summed E-state index contributed by atoms with van der Waals surface area (Å²) in [4.78, 5) is 44.6. The number of hydrogen-bond donors (Lipinski definition) is 1. The topological polar surface area (TPSA) is 126 Å². The molecule has 1 aromatic carbocycles. The fraction of sp³-hybridized carbons (Fsp3) is 0.440. The molecule has 3 heterocycles. The molecule has 2 aromatic rings. The highest BCUT2D eigenvalue weighted by molar-refractivity contribution is 7.88. The molecule has 2 saturated heterocycles. The molecule has 210 valence electrons. The monoisotopic (exact) mass is 568 g/mol. The van der Waals surface area contributed by atoms with Crippen LogP contribution >= 0.6 is 0 Å². The summed E-state index contributed by atoms with van der Waals surface area (Å²) in [6, 6.07) is 6.46. The highest BCUT2D eigenvalue weighted by Gasteiger charge is 2.54. The lowest BCUT2D eigenvalue weighted by Gasteiger charge is -2.28. The van der Waals surface area contributed by atoms with Gasteiger partial charge in [-0.05, 0) is 49.2 Å². The van der Waals surface area contributed by atoms with E-state index in [2.05, 4.69) is 15.0 Å². The summed E-state index contributed by atoms with van der Waals surface area (Å²) >= 11 is 0. The van der Waals surface area contributed by atoms with E-state index in [1.807, 2.05) is 0 Å². The highest BCUT2D eigenvalue weighted by Crippen LogP contribution is 2.33. The van der Waals surface area contributed by atoms with Crippen LogP contribution in [0.4, 0.5) is 13.2 Å². The molecule has 4 rings (SSSR count). The molecule has 2 aliphatic rings. The normalized spacial score (nSPS) is 20.5. The summed E-state index contributed by atoms with van der Waals surface area (Å²) in [6.45, 7) is 1.58. The number of ketones is 1. The summed E-state index contributed by atoms with van der Waals surface area (Å²) in [6.07, 6.45) is -2.39. The smallest absolute Gasteiger partial charge is 0.406 e. The first kappa shape index (κ1) is 28.5. The standard InChI is InChI=1S/C25H27F3N4O6S/c1-2-5-19(30-23(34)16-7-9-18(10-8-16)38-25(26,27)28)24(35)31-13-11-20-22(31)21(33)14-32(20)39(36,37)15-17-6-3-4-12-29-17/h3-4,6-10,12,19-20,22H,2,5,11,13-15H2,1H3,(H,30,34). The van der Waals surface area contributed by atoms with Crippen LogP contribution in [0.5, 0.6) is 5.75 Å². The molecule has 1 aromatic heterocycles. The van der Waals surface area contributed by atoms with Crippen LogP contribution < -0.4 is 10.1 Å². The molecule has 1 N–H and O–H groups in total. The summed E-state index contributed by atoms with van der Waals surface area (Å²) in [7, 11) is -3.89. The number of carbonyl (C=O) groups excluding carboxylic acids is 3. The Balaban J connectivity index is 1.45. The molecule has 2 fully saturated rings. The number of alkyl halides is 3. The second-order valence-corrected chi connectivity index (χ2v) is 11.2. The second kappa shape index (κ2) is 11.3. The predicted molar refractivity (Wildman–Crippen MR) is 132 cm³/mol. The van der Waals surface area contributed by atoms with Crippen molar-refractivity contribution in [2.45, 2.75) is 56.4 Å². The zero-order valence-electron chi connectivity index (χ0n) is 20.9. The van der Waals surface area contributed by atoms with Crippen molar-refractivity contribution in [2.24, 2.45) is 0 Å². The van der Waals surface area contributed by atoms with Gasteiger partial charge in [-0.25, -0.2) is 8.42 Å². The van der Waals surface area contributed by atoms with E-state index in [1.165, 1.54) is 11.1 Å². The van der Waals surface area contributed by atoms with Gasteiger partial charge in [0.1, 0.15) is 23.6 Å². The summed E-state index contributed by atoms with van der Waals surface area (Å²) in [5.74, 6) is -2.48. The molecule has 3 unspecified atom stereocenters. The third kappa shape index (κ3) is 6.56. The van der Waals surface area contributed by atoms with E-state index in [0.717, 1.165) is 28.6 Å². The first-order chi connectivity index (χ1) is 18.4. The molecule has 0 radical (unpaired) electrons. The average Bonchev–Trinajstić information content (AvgIpc) is 3.44. The van der Waals surface area contributed by atoms with E-state index in [4.69, 9.17) is 0 Å². The van der Waals surface area contributed by atoms with E-state index in [0.29, 0.717) is 12.1 Å². The van der Waals surface area contributed by atoms with Crippen molar-refractivity contribution >= 4 is 27.6 Å². The maximum Gasteiger partial charge on any atom is 0.573 e. The maximum atomic E-state index is 13.5. The molecule has 0 spiro atoms. The van der Waals surface area contributed by atoms with Crippen LogP contribution in [0, 0.1) is 0 Å². The number of sulfonamides is 1. The fourth-order valence-corrected chi connectivity index (χ4v) is 6.60. The number of pyridine rings is 1. The molecule has 3 atom stereocenters. The number of aromatic nitrogens is 1. The van der Waals surface area contributed by atoms with Crippen LogP contribution in [-0.4, -0.2) is 77.8 Å². The highest BCUT2D eigenvalue weighted by atomic mass is 32.2. The van der Waals surface area contributed by atoms with Gasteiger partial charge in [-0.1, -0.05) is 19.4 Å². The van der Waals surface area contributed by atoms with Crippen molar-refractivity contribution in [2.75, 3.05) is 13.1 Å². The van der Waals surface area contributed by atoms with Gasteiger partial charge in [0, 0.05) is 18.3 Å². The van der Waals surface area contributed by atoms with Gasteiger partial charge in [0.15, 0.2) is 5.78 Å². The molecule has 14 heteroatoms. The van der Waals surface area contributed by atoms with Crippen molar-refractivity contribution in [1.29, 1.82) is 0 Å². The molecule has 0 bridgehead atoms. The molecule has 0 saturated carbocycles. The van der Waals surface area contributed by atoms with Gasteiger partial charge in [-0.3, -0.25) is 19.4 Å². The lowest BCUT2D eigenvalue weighted by molar-refractivity contribution is -0.274. The molecule has 0 aliphatic carbocycles. The number of likely N-dealkylation sites (tertiary alicyclic amines) is 1. The van der Waals surface area contributed by atoms with Gasteiger partial charge >= 0.3 is 6.36 Å². The van der Waals surface area contributed by atoms with Crippen molar-refractivity contribution < 1.29 is 40.7 Å². The van der Waals surface area contributed by atoms with Crippen molar-refractivity contribution in [3.05, 3.63) is 59.9 Å². The Morgan fingerprint density at radius 1 is 1.18 bits per heavy atom. The van der Waals surface area contributed by atoms with Gasteiger partial charge in [0.2, 0.25) is 15.9 Å². The number of Topliss-reactive ketones (excluding diaryl/α,β-unsaturated/α-hetero) is 1. The number of nitrogens with zero attached hydrogens (tertiary/aromatic N) is 3. The van der Waals surface area contributed by atoms with Crippen LogP contribution in [0.15, 0.2) is 48.7 Å². The van der Waals surface area contributed by atoms with Crippen molar-refractivity contribution in [1.82, 2.24) is 19.5 Å². The largest absolute Gasteiger partial charge is 0.573 e. The quantitative estimate of drug-likeness (QED) is 0.492. The van der Waals surface area contributed by atoms with Gasteiger partial charge < -0.3 is 15.0 Å². The lowest BCUT2D eigenvalue weighted by atomic mass is 10.1. The average molecular weight is 569 g/mol. The van der Waals surface area contributed by atoms with E-state index >= 15 is 0 Å². The Morgan fingerprint density at radius 3 is 2.51 bits per heavy atom. The zero-order chi connectivity index (χ0) is 28.4. The zero-order valence-corrected chi connectivity index (χ0v) is 21.7. The number of halogens is 3. The summed E-state index contributed by atoms with van der Waals surface area (Å²) in [5, 5.41) is 2.60. The van der Waals surface area contributed by atoms with Crippen LogP contribution in [0.2, 0.25) is 0 Å². The molecule has 2 amide bonds. The molecule has 2 aliphatic heterocycles. The summed E-state index contributed by atoms with van der Waals surface area (Å²) in [5.41, 5.74) is 0.351. The summed E-state index contributed by atoms with van der Waals surface area (Å²) < 4.78 is 68.3. The maximum absolute atomic E-state index is 13.5. The molecular formula is C25H27F3N4O6S. The first-order valence-electron chi connectivity index (χ1n) is 12.3. The second-order valence-electron chi connectivity index (χ2n) is 9.31. The number of fused-ring (bicyclic) bond motifs is 1. The first-order valence-corrected chi connectivity index (χ1v) is 13.9. The fourth-order valence-electron chi connectivity index (χ4n) is 4.93. The number of nitrogens with one attached hydrogen (secondary N) is 1. The number of amides is 2. The number of rotatable bonds is 9. The van der Waals surface area contributed by atoms with Crippen LogP contribution in [-0.2, 0) is 25.4 Å². The SMILES string of the molecule is CCCC(NC(=O)c1ccc(OC(F)(F)F)cc1)C(=O)N1CCC2C1C(=O)CN2S(=O)(=O)Cc1ccccn1. The van der Waals surface area contributed by atoms with Crippen LogP contribution in [0.3, 0.4) is 0 Å². The van der Waals surface area contributed by atoms with Crippen molar-refractivity contribution in [3.63, 3.8) is 0 Å². The Kier molecular flexibility index (Phi) is 8.25. The Bertz CT molecular complexity index is 1320.